The zero-order valence-corrected chi connectivity index (χ0v) is 19.1. The summed E-state index contributed by atoms with van der Waals surface area (Å²) in [4.78, 5) is 20.8. The van der Waals surface area contributed by atoms with Crippen molar-refractivity contribution in [1.29, 1.82) is 0 Å². The Kier molecular flexibility index (Phi) is 6.59. The van der Waals surface area contributed by atoms with Gasteiger partial charge in [-0.25, -0.2) is 8.42 Å². The molecule has 3 aromatic rings. The van der Waals surface area contributed by atoms with Crippen molar-refractivity contribution in [2.75, 3.05) is 31.9 Å². The topological polar surface area (TPSA) is 96.6 Å². The van der Waals surface area contributed by atoms with Gasteiger partial charge in [-0.3, -0.25) is 9.69 Å². The van der Waals surface area contributed by atoms with Crippen LogP contribution in [0.5, 0.6) is 0 Å². The van der Waals surface area contributed by atoms with Crippen LogP contribution < -0.4 is 0 Å². The van der Waals surface area contributed by atoms with E-state index in [1.807, 2.05) is 31.2 Å². The molecule has 2 heterocycles. The van der Waals surface area contributed by atoms with Crippen LogP contribution in [0.25, 0.3) is 11.4 Å². The minimum absolute atomic E-state index is 0.0923. The lowest BCUT2D eigenvalue weighted by Gasteiger charge is -2.33. The smallest absolute Gasteiger partial charge is 0.241 e. The van der Waals surface area contributed by atoms with Gasteiger partial charge >= 0.3 is 0 Å². The molecule has 4 rings (SSSR count). The maximum atomic E-state index is 12.6. The molecule has 0 aliphatic carbocycles. The Bertz CT molecular complexity index is 1190. The summed E-state index contributed by atoms with van der Waals surface area (Å²) in [5.41, 5.74) is 2.05. The van der Waals surface area contributed by atoms with Crippen molar-refractivity contribution in [1.82, 2.24) is 19.9 Å². The lowest BCUT2D eigenvalue weighted by Crippen LogP contribution is -2.49. The maximum absolute atomic E-state index is 12.6. The van der Waals surface area contributed by atoms with Gasteiger partial charge in [-0.1, -0.05) is 46.6 Å². The number of halogens is 1. The lowest BCUT2D eigenvalue weighted by atomic mass is 10.1. The van der Waals surface area contributed by atoms with Crippen LogP contribution in [-0.2, 0) is 21.2 Å². The van der Waals surface area contributed by atoms with Crippen LogP contribution in [0.3, 0.4) is 0 Å². The molecule has 1 aromatic heterocycles. The quantitative estimate of drug-likeness (QED) is 0.541. The van der Waals surface area contributed by atoms with Crippen molar-refractivity contribution in [3.8, 4) is 11.4 Å². The Morgan fingerprint density at radius 1 is 1.03 bits per heavy atom. The van der Waals surface area contributed by atoms with E-state index in [0.29, 0.717) is 49.5 Å². The van der Waals surface area contributed by atoms with E-state index in [0.717, 1.165) is 11.1 Å². The summed E-state index contributed by atoms with van der Waals surface area (Å²) >= 11 is 5.81. The van der Waals surface area contributed by atoms with E-state index in [9.17, 15) is 13.2 Å². The Labute approximate surface area is 191 Å². The number of hydrogen-bond acceptors (Lipinski definition) is 7. The summed E-state index contributed by atoms with van der Waals surface area (Å²) in [5.74, 6) is 0.0870. The number of rotatable bonds is 6. The van der Waals surface area contributed by atoms with Gasteiger partial charge in [0.2, 0.25) is 17.6 Å². The molecule has 1 saturated heterocycles. The Morgan fingerprint density at radius 2 is 1.69 bits per heavy atom. The minimum Gasteiger partial charge on any atom is -0.339 e. The fraction of sp³-hybridized carbons (Fsp3) is 0.318. The van der Waals surface area contributed by atoms with Crippen molar-refractivity contribution >= 4 is 27.3 Å². The molecule has 1 aliphatic rings. The second-order valence-corrected chi connectivity index (χ2v) is 10.2. The average molecular weight is 475 g/mol. The first-order valence-electron chi connectivity index (χ1n) is 10.2. The average Bonchev–Trinajstić information content (AvgIpc) is 3.23. The van der Waals surface area contributed by atoms with Gasteiger partial charge in [-0.2, -0.15) is 4.98 Å². The zero-order valence-electron chi connectivity index (χ0n) is 17.6. The van der Waals surface area contributed by atoms with Crippen LogP contribution >= 0.6 is 11.6 Å². The first-order chi connectivity index (χ1) is 15.3. The summed E-state index contributed by atoms with van der Waals surface area (Å²) in [6, 6.07) is 13.7. The maximum Gasteiger partial charge on any atom is 0.241 e. The van der Waals surface area contributed by atoms with Crippen molar-refractivity contribution in [3.63, 3.8) is 0 Å². The summed E-state index contributed by atoms with van der Waals surface area (Å²) in [6.07, 6.45) is 0. The van der Waals surface area contributed by atoms with Crippen LogP contribution in [0.15, 0.2) is 57.9 Å². The number of aromatic nitrogens is 2. The summed E-state index contributed by atoms with van der Waals surface area (Å²) in [5, 5.41) is 4.49. The first kappa shape index (κ1) is 22.4. The largest absolute Gasteiger partial charge is 0.339 e. The summed E-state index contributed by atoms with van der Waals surface area (Å²) in [7, 11) is -3.71. The van der Waals surface area contributed by atoms with Gasteiger partial charge in [-0.05, 0) is 31.2 Å². The molecule has 2 aromatic carbocycles. The molecule has 1 fully saturated rings. The Balaban J connectivity index is 1.30. The second-order valence-electron chi connectivity index (χ2n) is 7.75. The minimum atomic E-state index is -3.71. The highest BCUT2D eigenvalue weighted by Crippen LogP contribution is 2.18. The molecule has 10 heteroatoms. The van der Waals surface area contributed by atoms with Crippen LogP contribution in [0.2, 0.25) is 5.02 Å². The van der Waals surface area contributed by atoms with E-state index < -0.39 is 21.5 Å². The molecule has 8 nitrogen and oxygen atoms in total. The fourth-order valence-electron chi connectivity index (χ4n) is 3.46. The monoisotopic (exact) mass is 474 g/mol. The number of carbonyl (C=O) groups excluding carboxylic acids is 1. The first-order valence-corrected chi connectivity index (χ1v) is 12.2. The van der Waals surface area contributed by atoms with Gasteiger partial charge in [-0.15, -0.1) is 0 Å². The molecule has 0 bridgehead atoms. The molecule has 0 atom stereocenters. The van der Waals surface area contributed by atoms with E-state index in [4.69, 9.17) is 16.1 Å². The highest BCUT2D eigenvalue weighted by molar-refractivity contribution is 7.92. The number of amides is 1. The van der Waals surface area contributed by atoms with E-state index in [-0.39, 0.29) is 4.90 Å². The highest BCUT2D eigenvalue weighted by atomic mass is 35.5. The van der Waals surface area contributed by atoms with Gasteiger partial charge < -0.3 is 9.42 Å². The standard InChI is InChI=1S/C22H23ClN4O4S/c1-16-2-4-17(5-3-16)22-24-20(31-25-22)14-26-10-12-27(13-11-26)21(28)15-32(29,30)19-8-6-18(23)7-9-19/h2-9H,10-15H2,1H3. The Hall–Kier alpha value is -2.75. The molecule has 0 unspecified atom stereocenters. The molecule has 0 N–H and O–H groups in total. The van der Waals surface area contributed by atoms with E-state index in [1.165, 1.54) is 24.3 Å². The molecule has 0 radical (unpaired) electrons. The summed E-state index contributed by atoms with van der Waals surface area (Å²) in [6.45, 7) is 4.55. The molecular weight excluding hydrogens is 452 g/mol. The second kappa shape index (κ2) is 9.40. The van der Waals surface area contributed by atoms with Crippen LogP contribution in [0, 0.1) is 6.92 Å². The molecule has 1 amide bonds. The molecule has 0 spiro atoms. The van der Waals surface area contributed by atoms with Gasteiger partial charge in [0, 0.05) is 36.8 Å². The third-order valence-corrected chi connectivity index (χ3v) is 7.22. The van der Waals surface area contributed by atoms with Gasteiger partial charge in [0.25, 0.3) is 0 Å². The summed E-state index contributed by atoms with van der Waals surface area (Å²) < 4.78 is 30.4. The Morgan fingerprint density at radius 3 is 2.34 bits per heavy atom. The van der Waals surface area contributed by atoms with E-state index >= 15 is 0 Å². The third-order valence-electron chi connectivity index (χ3n) is 5.35. The van der Waals surface area contributed by atoms with Gasteiger partial charge in [0.15, 0.2) is 9.84 Å². The van der Waals surface area contributed by atoms with Gasteiger partial charge in [0.1, 0.15) is 5.75 Å². The SMILES string of the molecule is Cc1ccc(-c2noc(CN3CCN(C(=O)CS(=O)(=O)c4ccc(Cl)cc4)CC3)n2)cc1. The zero-order chi connectivity index (χ0) is 22.7. The van der Waals surface area contributed by atoms with Crippen molar-refractivity contribution in [3.05, 3.63) is 65.0 Å². The highest BCUT2D eigenvalue weighted by Gasteiger charge is 2.27. The molecule has 168 valence electrons. The fourth-order valence-corrected chi connectivity index (χ4v) is 4.82. The molecule has 32 heavy (non-hydrogen) atoms. The van der Waals surface area contributed by atoms with Crippen molar-refractivity contribution < 1.29 is 17.7 Å². The van der Waals surface area contributed by atoms with E-state index in [1.54, 1.807) is 4.90 Å². The molecule has 0 saturated carbocycles. The number of hydrogen-bond donors (Lipinski definition) is 0. The van der Waals surface area contributed by atoms with Crippen molar-refractivity contribution in [2.45, 2.75) is 18.4 Å². The van der Waals surface area contributed by atoms with Crippen LogP contribution in [0.1, 0.15) is 11.5 Å². The number of carbonyl (C=O) groups is 1. The molecular formula is C22H23ClN4O4S. The number of sulfone groups is 1. The van der Waals surface area contributed by atoms with Crippen molar-refractivity contribution in [2.24, 2.45) is 0 Å². The third kappa shape index (κ3) is 5.35. The van der Waals surface area contributed by atoms with E-state index in [2.05, 4.69) is 15.0 Å². The predicted octanol–water partition coefficient (Wildman–Crippen LogP) is 2.82. The number of piperazine rings is 1. The van der Waals surface area contributed by atoms with Crippen LogP contribution in [-0.4, -0.2) is 66.2 Å². The number of nitrogens with zero attached hydrogens (tertiary/aromatic N) is 4. The number of aryl methyl sites for hydroxylation is 1. The van der Waals surface area contributed by atoms with Crippen LogP contribution in [0.4, 0.5) is 0 Å². The predicted molar refractivity (Wildman–Crippen MR) is 120 cm³/mol. The number of benzene rings is 2. The lowest BCUT2D eigenvalue weighted by molar-refractivity contribution is -0.130. The van der Waals surface area contributed by atoms with Gasteiger partial charge in [0.05, 0.1) is 11.4 Å². The molecule has 1 aliphatic heterocycles. The normalized spacial score (nSPS) is 15.1.